The maximum Gasteiger partial charge on any atom is 0.255 e. The van der Waals surface area contributed by atoms with Gasteiger partial charge in [0.25, 0.3) is 5.56 Å². The second-order valence-electron chi connectivity index (χ2n) is 6.32. The molecule has 0 aliphatic heterocycles. The summed E-state index contributed by atoms with van der Waals surface area (Å²) in [5, 5.41) is 4.82. The van der Waals surface area contributed by atoms with Gasteiger partial charge in [-0.05, 0) is 23.9 Å². The largest absolute Gasteiger partial charge is 0.350 e. The fourth-order valence-corrected chi connectivity index (χ4v) is 3.42. The number of aryl methyl sites for hydroxylation is 1. The average molecular weight is 382 g/mol. The smallest absolute Gasteiger partial charge is 0.255 e. The highest BCUT2D eigenvalue weighted by atomic mass is 32.1. The molecular formula is C20H22N4O2S. The van der Waals surface area contributed by atoms with Gasteiger partial charge in [0.2, 0.25) is 11.9 Å². The number of nitrogens with zero attached hydrogens (tertiary/aromatic N) is 3. The van der Waals surface area contributed by atoms with E-state index in [2.05, 4.69) is 10.3 Å². The zero-order chi connectivity index (χ0) is 19.2. The summed E-state index contributed by atoms with van der Waals surface area (Å²) in [4.78, 5) is 32.3. The molecule has 0 spiro atoms. The van der Waals surface area contributed by atoms with Crippen LogP contribution in [0.2, 0.25) is 0 Å². The summed E-state index contributed by atoms with van der Waals surface area (Å²) < 4.78 is 1.42. The molecule has 0 radical (unpaired) electrons. The van der Waals surface area contributed by atoms with Crippen LogP contribution in [0.4, 0.5) is 5.95 Å². The molecule has 1 N–H and O–H groups in total. The van der Waals surface area contributed by atoms with Crippen molar-refractivity contribution in [2.75, 3.05) is 11.9 Å². The Morgan fingerprint density at radius 1 is 1.22 bits per heavy atom. The first kappa shape index (κ1) is 18.8. The normalized spacial score (nSPS) is 10.6. The molecule has 0 aliphatic rings. The van der Waals surface area contributed by atoms with E-state index in [9.17, 15) is 9.59 Å². The second-order valence-corrected chi connectivity index (χ2v) is 7.35. The van der Waals surface area contributed by atoms with Crippen LogP contribution >= 0.6 is 11.3 Å². The maximum atomic E-state index is 12.5. The van der Waals surface area contributed by atoms with Crippen LogP contribution in [0.5, 0.6) is 0 Å². The third kappa shape index (κ3) is 5.04. The molecule has 0 saturated carbocycles. The van der Waals surface area contributed by atoms with E-state index in [1.54, 1.807) is 18.3 Å². The van der Waals surface area contributed by atoms with Crippen molar-refractivity contribution in [3.63, 3.8) is 0 Å². The lowest BCUT2D eigenvalue weighted by Gasteiger charge is -2.22. The van der Waals surface area contributed by atoms with E-state index in [-0.39, 0.29) is 18.0 Å². The lowest BCUT2D eigenvalue weighted by atomic mass is 10.2. The van der Waals surface area contributed by atoms with Gasteiger partial charge in [0.1, 0.15) is 6.54 Å². The van der Waals surface area contributed by atoms with Gasteiger partial charge in [0, 0.05) is 30.2 Å². The highest BCUT2D eigenvalue weighted by Gasteiger charge is 2.15. The summed E-state index contributed by atoms with van der Waals surface area (Å²) in [6.07, 6.45) is 0. The molecule has 0 atom stereocenters. The number of carbonyl (C=O) groups is 1. The van der Waals surface area contributed by atoms with Crippen molar-refractivity contribution in [1.29, 1.82) is 0 Å². The Morgan fingerprint density at radius 2 is 2.00 bits per heavy atom. The maximum absolute atomic E-state index is 12.5. The van der Waals surface area contributed by atoms with Crippen LogP contribution in [0.3, 0.4) is 0 Å². The van der Waals surface area contributed by atoms with Crippen molar-refractivity contribution < 1.29 is 4.79 Å². The molecule has 3 rings (SSSR count). The molecule has 0 fully saturated rings. The average Bonchev–Trinajstić information content (AvgIpc) is 3.16. The molecule has 1 aromatic carbocycles. The van der Waals surface area contributed by atoms with Crippen molar-refractivity contribution in [2.45, 2.75) is 26.6 Å². The van der Waals surface area contributed by atoms with Crippen molar-refractivity contribution in [3.05, 3.63) is 80.4 Å². The summed E-state index contributed by atoms with van der Waals surface area (Å²) in [5.41, 5.74) is 1.50. The number of thiophene rings is 1. The molecule has 1 amide bonds. The van der Waals surface area contributed by atoms with Crippen LogP contribution in [0.25, 0.3) is 0 Å². The summed E-state index contributed by atoms with van der Waals surface area (Å²) in [5.74, 6) is 0.264. The molecule has 0 unspecified atom stereocenters. The monoisotopic (exact) mass is 382 g/mol. The molecule has 2 aromatic heterocycles. The third-order valence-corrected chi connectivity index (χ3v) is 4.94. The Morgan fingerprint density at radius 3 is 2.70 bits per heavy atom. The zero-order valence-corrected chi connectivity index (χ0v) is 16.2. The Balaban J connectivity index is 1.77. The van der Waals surface area contributed by atoms with Crippen molar-refractivity contribution >= 4 is 23.2 Å². The number of hydrogen-bond donors (Lipinski definition) is 1. The molecule has 140 valence electrons. The molecule has 6 nitrogen and oxygen atoms in total. The lowest BCUT2D eigenvalue weighted by Crippen LogP contribution is -2.36. The van der Waals surface area contributed by atoms with Gasteiger partial charge in [-0.3, -0.25) is 14.2 Å². The van der Waals surface area contributed by atoms with Crippen molar-refractivity contribution in [3.8, 4) is 0 Å². The van der Waals surface area contributed by atoms with Gasteiger partial charge in [0.15, 0.2) is 0 Å². The minimum Gasteiger partial charge on any atom is -0.350 e. The Bertz CT molecular complexity index is 952. The van der Waals surface area contributed by atoms with Gasteiger partial charge >= 0.3 is 0 Å². The zero-order valence-electron chi connectivity index (χ0n) is 15.4. The number of carbonyl (C=O) groups excluding carboxylic acids is 1. The summed E-state index contributed by atoms with van der Waals surface area (Å²) in [6.45, 7) is 2.77. The first-order valence-electron chi connectivity index (χ1n) is 8.65. The molecular weight excluding hydrogens is 360 g/mol. The van der Waals surface area contributed by atoms with E-state index >= 15 is 0 Å². The predicted octanol–water partition coefficient (Wildman–Crippen LogP) is 2.57. The van der Waals surface area contributed by atoms with Crippen LogP contribution in [-0.2, 0) is 24.4 Å². The van der Waals surface area contributed by atoms with E-state index < -0.39 is 0 Å². The predicted molar refractivity (Wildman–Crippen MR) is 108 cm³/mol. The second kappa shape index (κ2) is 8.64. The van der Waals surface area contributed by atoms with Gasteiger partial charge < -0.3 is 10.2 Å². The fourth-order valence-electron chi connectivity index (χ4n) is 2.77. The number of anilines is 1. The van der Waals surface area contributed by atoms with Crippen LogP contribution < -0.4 is 15.8 Å². The molecule has 7 heteroatoms. The minimum atomic E-state index is -0.233. The molecule has 3 aromatic rings. The SMILES string of the molecule is Cc1cc(=O)n(CC(=O)NCc2cccs2)c(N(C)Cc2ccccc2)n1. The Labute approximate surface area is 162 Å². The van der Waals surface area contributed by atoms with E-state index in [1.165, 1.54) is 10.6 Å². The topological polar surface area (TPSA) is 67.2 Å². The molecule has 0 aliphatic carbocycles. The first-order chi connectivity index (χ1) is 13.0. The highest BCUT2D eigenvalue weighted by Crippen LogP contribution is 2.12. The summed E-state index contributed by atoms with van der Waals surface area (Å²) in [7, 11) is 1.87. The molecule has 2 heterocycles. The summed E-state index contributed by atoms with van der Waals surface area (Å²) in [6, 6.07) is 15.3. The van der Waals surface area contributed by atoms with Crippen LogP contribution in [-0.4, -0.2) is 22.5 Å². The van der Waals surface area contributed by atoms with E-state index in [4.69, 9.17) is 0 Å². The number of rotatable bonds is 7. The van der Waals surface area contributed by atoms with E-state index in [1.807, 2.05) is 59.8 Å². The van der Waals surface area contributed by atoms with Crippen molar-refractivity contribution in [1.82, 2.24) is 14.9 Å². The van der Waals surface area contributed by atoms with Crippen LogP contribution in [0, 0.1) is 6.92 Å². The minimum absolute atomic E-state index is 0.0635. The number of aromatic nitrogens is 2. The summed E-state index contributed by atoms with van der Waals surface area (Å²) >= 11 is 1.58. The number of amides is 1. The molecule has 0 bridgehead atoms. The number of hydrogen-bond acceptors (Lipinski definition) is 5. The van der Waals surface area contributed by atoms with Crippen molar-refractivity contribution in [2.24, 2.45) is 0 Å². The first-order valence-corrected chi connectivity index (χ1v) is 9.53. The molecule has 0 saturated heterocycles. The van der Waals surface area contributed by atoms with E-state index in [0.29, 0.717) is 24.7 Å². The van der Waals surface area contributed by atoms with Gasteiger partial charge in [-0.2, -0.15) is 0 Å². The van der Waals surface area contributed by atoms with Crippen LogP contribution in [0.1, 0.15) is 16.1 Å². The van der Waals surface area contributed by atoms with Gasteiger partial charge in [0.05, 0.1) is 6.54 Å². The van der Waals surface area contributed by atoms with Gasteiger partial charge in [-0.1, -0.05) is 36.4 Å². The van der Waals surface area contributed by atoms with Crippen LogP contribution in [0.15, 0.2) is 58.7 Å². The lowest BCUT2D eigenvalue weighted by molar-refractivity contribution is -0.121. The quantitative estimate of drug-likeness (QED) is 0.682. The van der Waals surface area contributed by atoms with Gasteiger partial charge in [-0.15, -0.1) is 11.3 Å². The number of nitrogens with one attached hydrogen (secondary N) is 1. The third-order valence-electron chi connectivity index (χ3n) is 4.06. The Hall–Kier alpha value is -2.93. The number of benzene rings is 1. The standard InChI is InChI=1S/C20H22N4O2S/c1-15-11-19(26)24(14-18(25)21-12-17-9-6-10-27-17)20(22-15)23(2)13-16-7-4-3-5-8-16/h3-11H,12-14H2,1-2H3,(H,21,25). The molecule has 27 heavy (non-hydrogen) atoms. The van der Waals surface area contributed by atoms with E-state index in [0.717, 1.165) is 10.4 Å². The Kier molecular flexibility index (Phi) is 6.03. The fraction of sp³-hybridized carbons (Fsp3) is 0.250. The highest BCUT2D eigenvalue weighted by molar-refractivity contribution is 7.09. The van der Waals surface area contributed by atoms with Gasteiger partial charge in [-0.25, -0.2) is 4.98 Å².